The van der Waals surface area contributed by atoms with Crippen molar-refractivity contribution in [3.63, 3.8) is 0 Å². The molecule has 10 nitrogen and oxygen atoms in total. The van der Waals surface area contributed by atoms with Crippen molar-refractivity contribution in [2.75, 3.05) is 13.2 Å². The Bertz CT molecular complexity index is 2010. The van der Waals surface area contributed by atoms with Crippen LogP contribution in [-0.4, -0.2) is 28.7 Å². The zero-order chi connectivity index (χ0) is 34.4. The third-order valence-electron chi connectivity index (χ3n) is 7.92. The summed E-state index contributed by atoms with van der Waals surface area (Å²) in [6, 6.07) is 19.0. The van der Waals surface area contributed by atoms with E-state index in [1.807, 2.05) is 50.2 Å². The van der Waals surface area contributed by atoms with E-state index in [1.54, 1.807) is 35.8 Å². The Morgan fingerprint density at radius 2 is 1.73 bits per heavy atom. The topological polar surface area (TPSA) is 122 Å². The fourth-order valence-corrected chi connectivity index (χ4v) is 6.55. The summed E-state index contributed by atoms with van der Waals surface area (Å²) in [6.07, 6.45) is 3.13. The molecule has 0 amide bonds. The van der Waals surface area contributed by atoms with E-state index >= 15 is 0 Å². The Balaban J connectivity index is 1.55. The second-order valence-corrected chi connectivity index (χ2v) is 12.6. The smallest absolute Gasteiger partial charge is 0.338 e. The summed E-state index contributed by atoms with van der Waals surface area (Å²) >= 11 is 1.28. The highest BCUT2D eigenvalue weighted by molar-refractivity contribution is 7.07. The first-order valence-electron chi connectivity index (χ1n) is 16.1. The second-order valence-electron chi connectivity index (χ2n) is 11.6. The molecule has 1 atom stereocenters. The number of non-ortho nitro benzene ring substituents is 1. The molecule has 0 fully saturated rings. The van der Waals surface area contributed by atoms with Gasteiger partial charge < -0.3 is 14.2 Å². The van der Waals surface area contributed by atoms with Crippen molar-refractivity contribution < 1.29 is 23.9 Å². The minimum absolute atomic E-state index is 0.0115. The van der Waals surface area contributed by atoms with Gasteiger partial charge in [0.25, 0.3) is 11.2 Å². The van der Waals surface area contributed by atoms with Gasteiger partial charge in [0.05, 0.1) is 40.0 Å². The molecule has 1 aliphatic heterocycles. The first kappa shape index (κ1) is 34.3. The van der Waals surface area contributed by atoms with E-state index < -0.39 is 16.9 Å². The Hall–Kier alpha value is -5.03. The number of nitro groups is 1. The number of rotatable bonds is 13. The third kappa shape index (κ3) is 7.41. The molecule has 0 N–H and O–H groups in total. The van der Waals surface area contributed by atoms with Crippen LogP contribution >= 0.6 is 11.3 Å². The molecule has 0 bridgehead atoms. The Kier molecular flexibility index (Phi) is 10.9. The maximum Gasteiger partial charge on any atom is 0.338 e. The van der Waals surface area contributed by atoms with E-state index in [1.165, 1.54) is 23.5 Å². The van der Waals surface area contributed by atoms with Crippen LogP contribution in [0.25, 0.3) is 6.08 Å². The molecule has 1 aromatic heterocycles. The SMILES string of the molecule is CCCC1=C(C(=O)OCC)[C@@H](c2ccc(C(C)C)cc2)n2c(s/c(=C\c3ccc(OCc4ccc([N+](=O)[O-])cc4)c(OCC)c3)c2=O)=N1. The Morgan fingerprint density at radius 1 is 1.00 bits per heavy atom. The fraction of sp³-hybridized carbons (Fsp3) is 0.324. The van der Waals surface area contributed by atoms with Gasteiger partial charge in [-0.05, 0) is 78.8 Å². The molecule has 3 aromatic carbocycles. The number of carbonyl (C=O) groups excluding carboxylic acids is 1. The summed E-state index contributed by atoms with van der Waals surface area (Å²) in [5, 5.41) is 11.0. The second kappa shape index (κ2) is 15.2. The molecule has 0 radical (unpaired) electrons. The lowest BCUT2D eigenvalue weighted by Gasteiger charge is -2.26. The minimum Gasteiger partial charge on any atom is -0.490 e. The molecule has 2 heterocycles. The fourth-order valence-electron chi connectivity index (χ4n) is 5.53. The number of ether oxygens (including phenoxy) is 3. The number of esters is 1. The van der Waals surface area contributed by atoms with Gasteiger partial charge in [-0.15, -0.1) is 0 Å². The van der Waals surface area contributed by atoms with Crippen LogP contribution in [0.3, 0.4) is 0 Å². The summed E-state index contributed by atoms with van der Waals surface area (Å²) in [7, 11) is 0. The van der Waals surface area contributed by atoms with Crippen LogP contribution in [0.15, 0.2) is 87.8 Å². The van der Waals surface area contributed by atoms with E-state index in [4.69, 9.17) is 19.2 Å². The van der Waals surface area contributed by atoms with Crippen molar-refractivity contribution in [1.82, 2.24) is 4.57 Å². The molecule has 4 aromatic rings. The van der Waals surface area contributed by atoms with Crippen LogP contribution < -0.4 is 24.4 Å². The molecule has 0 aliphatic carbocycles. The van der Waals surface area contributed by atoms with Crippen molar-refractivity contribution in [2.45, 2.75) is 66.0 Å². The van der Waals surface area contributed by atoms with Crippen LogP contribution in [-0.2, 0) is 16.1 Å². The minimum atomic E-state index is -0.681. The molecule has 0 saturated carbocycles. The van der Waals surface area contributed by atoms with Gasteiger partial charge in [-0.3, -0.25) is 19.5 Å². The summed E-state index contributed by atoms with van der Waals surface area (Å²) in [5.41, 5.74) is 4.24. The number of fused-ring (bicyclic) bond motifs is 1. The van der Waals surface area contributed by atoms with E-state index in [-0.39, 0.29) is 24.5 Å². The van der Waals surface area contributed by atoms with Crippen molar-refractivity contribution in [2.24, 2.45) is 4.99 Å². The number of nitrogens with zero attached hydrogens (tertiary/aromatic N) is 3. The zero-order valence-electron chi connectivity index (χ0n) is 27.7. The van der Waals surface area contributed by atoms with E-state index in [0.29, 0.717) is 51.0 Å². The standard InChI is InChI=1S/C37H39N3O7S/c1-6-9-29-33(36(42)46-8-3)34(27-15-13-26(14-16-27)23(4)5)39-35(41)32(48-37(39)38-29)21-25-12-19-30(31(20-25)45-7-2)47-22-24-10-17-28(18-11-24)40(43)44/h10-21,23,34H,6-9,22H2,1-5H3/b32-21-/t34-/m1/s1. The first-order chi connectivity index (χ1) is 23.1. The maximum atomic E-state index is 14.2. The molecule has 0 saturated heterocycles. The summed E-state index contributed by atoms with van der Waals surface area (Å²) in [4.78, 5) is 43.6. The van der Waals surface area contributed by atoms with Gasteiger partial charge >= 0.3 is 5.97 Å². The first-order valence-corrected chi connectivity index (χ1v) is 16.9. The third-order valence-corrected chi connectivity index (χ3v) is 8.90. The average Bonchev–Trinajstić information content (AvgIpc) is 3.38. The van der Waals surface area contributed by atoms with Gasteiger partial charge in [-0.2, -0.15) is 0 Å². The van der Waals surface area contributed by atoms with Crippen molar-refractivity contribution >= 4 is 29.1 Å². The largest absolute Gasteiger partial charge is 0.490 e. The van der Waals surface area contributed by atoms with Crippen LogP contribution in [0, 0.1) is 10.1 Å². The maximum absolute atomic E-state index is 14.2. The quantitative estimate of drug-likeness (QED) is 0.0895. The van der Waals surface area contributed by atoms with Crippen LogP contribution in [0.4, 0.5) is 5.69 Å². The van der Waals surface area contributed by atoms with E-state index in [9.17, 15) is 19.7 Å². The van der Waals surface area contributed by atoms with Gasteiger partial charge in [0.2, 0.25) is 0 Å². The van der Waals surface area contributed by atoms with Gasteiger partial charge in [0, 0.05) is 12.1 Å². The van der Waals surface area contributed by atoms with E-state index in [2.05, 4.69) is 13.8 Å². The van der Waals surface area contributed by atoms with Gasteiger partial charge in [-0.25, -0.2) is 9.79 Å². The number of hydrogen-bond acceptors (Lipinski definition) is 9. The number of hydrogen-bond donors (Lipinski definition) is 0. The number of thiazole rings is 1. The van der Waals surface area contributed by atoms with Gasteiger partial charge in [-0.1, -0.05) is 68.9 Å². The van der Waals surface area contributed by atoms with Crippen LogP contribution in [0.1, 0.15) is 81.7 Å². The predicted octanol–water partition coefficient (Wildman–Crippen LogP) is 6.59. The average molecular weight is 670 g/mol. The molecular weight excluding hydrogens is 630 g/mol. The molecule has 5 rings (SSSR count). The highest BCUT2D eigenvalue weighted by Crippen LogP contribution is 2.34. The van der Waals surface area contributed by atoms with Crippen LogP contribution in [0.5, 0.6) is 11.5 Å². The Morgan fingerprint density at radius 3 is 2.35 bits per heavy atom. The molecular formula is C37H39N3O7S. The predicted molar refractivity (Wildman–Crippen MR) is 185 cm³/mol. The number of benzene rings is 3. The summed E-state index contributed by atoms with van der Waals surface area (Å²) in [5.74, 6) is 0.862. The molecule has 11 heteroatoms. The zero-order valence-corrected chi connectivity index (χ0v) is 28.5. The molecule has 0 spiro atoms. The number of aromatic nitrogens is 1. The van der Waals surface area contributed by atoms with Crippen molar-refractivity contribution in [3.05, 3.63) is 130 Å². The highest BCUT2D eigenvalue weighted by atomic mass is 32.1. The molecule has 1 aliphatic rings. The highest BCUT2D eigenvalue weighted by Gasteiger charge is 2.34. The van der Waals surface area contributed by atoms with Crippen LogP contribution in [0.2, 0.25) is 0 Å². The van der Waals surface area contributed by atoms with Gasteiger partial charge in [0.1, 0.15) is 6.61 Å². The van der Waals surface area contributed by atoms with Crippen molar-refractivity contribution in [1.29, 1.82) is 0 Å². The normalized spacial score (nSPS) is 14.5. The van der Waals surface area contributed by atoms with E-state index in [0.717, 1.165) is 28.7 Å². The lowest BCUT2D eigenvalue weighted by Crippen LogP contribution is -2.40. The monoisotopic (exact) mass is 669 g/mol. The van der Waals surface area contributed by atoms with Gasteiger partial charge in [0.15, 0.2) is 16.3 Å². The number of allylic oxidation sites excluding steroid dienone is 1. The Labute approximate surface area is 282 Å². The lowest BCUT2D eigenvalue weighted by atomic mass is 9.92. The number of carbonyl (C=O) groups is 1. The molecule has 48 heavy (non-hydrogen) atoms. The summed E-state index contributed by atoms with van der Waals surface area (Å²) in [6.45, 7) is 10.7. The molecule has 0 unspecified atom stereocenters. The van der Waals surface area contributed by atoms with Crippen molar-refractivity contribution in [3.8, 4) is 11.5 Å². The summed E-state index contributed by atoms with van der Waals surface area (Å²) < 4.78 is 19.5. The number of nitro benzene ring substituents is 1. The molecule has 250 valence electrons. The lowest BCUT2D eigenvalue weighted by molar-refractivity contribution is -0.384.